The van der Waals surface area contributed by atoms with Gasteiger partial charge in [0.25, 0.3) is 0 Å². The van der Waals surface area contributed by atoms with Crippen LogP contribution < -0.4 is 15.4 Å². The highest BCUT2D eigenvalue weighted by molar-refractivity contribution is 5.76. The van der Waals surface area contributed by atoms with Crippen molar-refractivity contribution in [3.63, 3.8) is 0 Å². The third kappa shape index (κ3) is 3.74. The summed E-state index contributed by atoms with van der Waals surface area (Å²) in [6.45, 7) is 5.27. The third-order valence-electron chi connectivity index (χ3n) is 3.26. The number of hydrogen-bond acceptors (Lipinski definition) is 4. The molecule has 0 atom stereocenters. The Hall–Kier alpha value is -2.01. The Balaban J connectivity index is 2.23. The molecule has 1 aromatic carbocycles. The zero-order valence-corrected chi connectivity index (χ0v) is 12.0. The molecule has 1 aromatic rings. The van der Waals surface area contributed by atoms with Gasteiger partial charge in [0.2, 0.25) is 5.91 Å². The Bertz CT molecular complexity index is 476. The molecule has 0 unspecified atom stereocenters. The summed E-state index contributed by atoms with van der Waals surface area (Å²) in [4.78, 5) is 13.4. The largest absolute Gasteiger partial charge is 0.497 e. The van der Waals surface area contributed by atoms with Crippen molar-refractivity contribution < 1.29 is 9.53 Å². The van der Waals surface area contributed by atoms with Gasteiger partial charge in [-0.1, -0.05) is 0 Å². The molecule has 0 radical (unpaired) electrons. The maximum Gasteiger partial charge on any atom is 0.220 e. The van der Waals surface area contributed by atoms with Crippen molar-refractivity contribution in [3.05, 3.63) is 36.0 Å². The second-order valence-corrected chi connectivity index (χ2v) is 4.70. The smallest absolute Gasteiger partial charge is 0.220 e. The van der Waals surface area contributed by atoms with Crippen molar-refractivity contribution in [1.29, 1.82) is 0 Å². The first-order chi connectivity index (χ1) is 9.70. The summed E-state index contributed by atoms with van der Waals surface area (Å²) >= 11 is 0. The first kappa shape index (κ1) is 14.4. The van der Waals surface area contributed by atoms with Gasteiger partial charge in [0, 0.05) is 39.3 Å². The number of methoxy groups -OCH3 is 1. The van der Waals surface area contributed by atoms with Crippen LogP contribution in [0.4, 0.5) is 0 Å². The number of ether oxygens (including phenoxy) is 1. The average molecular weight is 275 g/mol. The van der Waals surface area contributed by atoms with Crippen LogP contribution in [-0.4, -0.2) is 44.1 Å². The lowest BCUT2D eigenvalue weighted by Crippen LogP contribution is -2.42. The lowest BCUT2D eigenvalue weighted by molar-refractivity contribution is -0.118. The first-order valence-electron chi connectivity index (χ1n) is 6.78. The number of nitrogens with one attached hydrogen (secondary N) is 2. The Morgan fingerprint density at radius 3 is 2.50 bits per heavy atom. The van der Waals surface area contributed by atoms with Gasteiger partial charge in [0.15, 0.2) is 0 Å². The highest BCUT2D eigenvalue weighted by Gasteiger charge is 2.15. The fourth-order valence-corrected chi connectivity index (χ4v) is 2.19. The van der Waals surface area contributed by atoms with Crippen molar-refractivity contribution in [2.75, 3.05) is 33.3 Å². The monoisotopic (exact) mass is 275 g/mol. The van der Waals surface area contributed by atoms with E-state index in [1.165, 1.54) is 6.92 Å². The normalized spacial score (nSPS) is 15.9. The molecule has 0 aromatic heterocycles. The van der Waals surface area contributed by atoms with E-state index in [-0.39, 0.29) is 5.91 Å². The topological polar surface area (TPSA) is 53.6 Å². The van der Waals surface area contributed by atoms with Crippen molar-refractivity contribution >= 4 is 11.6 Å². The van der Waals surface area contributed by atoms with E-state index in [9.17, 15) is 4.79 Å². The summed E-state index contributed by atoms with van der Waals surface area (Å²) in [7, 11) is 1.65. The van der Waals surface area contributed by atoms with Crippen LogP contribution in [0.2, 0.25) is 0 Å². The van der Waals surface area contributed by atoms with Crippen molar-refractivity contribution in [3.8, 4) is 5.75 Å². The number of amides is 1. The lowest BCUT2D eigenvalue weighted by Gasteiger charge is -2.31. The minimum absolute atomic E-state index is 0.0638. The standard InChI is InChI=1S/C15H21N3O2/c1-12(19)17-11-15(18-9-7-16-8-10-18)13-3-5-14(20-2)6-4-13/h3-6,11,16H,7-10H2,1-2H3,(H,17,19)/b15-11-. The molecule has 1 amide bonds. The number of nitrogens with zero attached hydrogens (tertiary/aromatic N) is 1. The molecule has 5 heteroatoms. The molecule has 20 heavy (non-hydrogen) atoms. The summed E-state index contributed by atoms with van der Waals surface area (Å²) in [5.41, 5.74) is 2.10. The number of hydrogen-bond donors (Lipinski definition) is 2. The molecule has 0 spiro atoms. The lowest BCUT2D eigenvalue weighted by atomic mass is 10.1. The molecule has 1 aliphatic heterocycles. The molecule has 2 rings (SSSR count). The minimum atomic E-state index is -0.0638. The number of rotatable bonds is 4. The van der Waals surface area contributed by atoms with Crippen LogP contribution in [0.15, 0.2) is 30.5 Å². The Morgan fingerprint density at radius 1 is 1.30 bits per heavy atom. The van der Waals surface area contributed by atoms with E-state index in [0.29, 0.717) is 0 Å². The van der Waals surface area contributed by atoms with Gasteiger partial charge in [-0.3, -0.25) is 4.79 Å². The fourth-order valence-electron chi connectivity index (χ4n) is 2.19. The van der Waals surface area contributed by atoms with Crippen LogP contribution in [0.5, 0.6) is 5.75 Å². The van der Waals surface area contributed by atoms with Crippen LogP contribution in [0, 0.1) is 0 Å². The van der Waals surface area contributed by atoms with Gasteiger partial charge in [-0.25, -0.2) is 0 Å². The number of benzene rings is 1. The average Bonchev–Trinajstić information content (AvgIpc) is 2.49. The van der Waals surface area contributed by atoms with Crippen LogP contribution >= 0.6 is 0 Å². The second kappa shape index (κ2) is 6.96. The quantitative estimate of drug-likeness (QED) is 0.862. The highest BCUT2D eigenvalue weighted by Crippen LogP contribution is 2.21. The molecule has 1 aliphatic rings. The number of piperazine rings is 1. The van der Waals surface area contributed by atoms with Crippen molar-refractivity contribution in [2.24, 2.45) is 0 Å². The Kier molecular flexibility index (Phi) is 5.01. The van der Waals surface area contributed by atoms with Gasteiger partial charge in [0.05, 0.1) is 12.8 Å². The minimum Gasteiger partial charge on any atom is -0.497 e. The predicted octanol–water partition coefficient (Wildman–Crippen LogP) is 1.03. The second-order valence-electron chi connectivity index (χ2n) is 4.70. The number of carbonyl (C=O) groups is 1. The van der Waals surface area contributed by atoms with Crippen LogP contribution in [0.1, 0.15) is 12.5 Å². The maximum atomic E-state index is 11.2. The summed E-state index contributed by atoms with van der Waals surface area (Å²) in [5.74, 6) is 0.763. The molecule has 2 N–H and O–H groups in total. The molecule has 108 valence electrons. The van der Waals surface area contributed by atoms with E-state index in [1.807, 2.05) is 24.3 Å². The van der Waals surface area contributed by atoms with E-state index in [2.05, 4.69) is 15.5 Å². The highest BCUT2D eigenvalue weighted by atomic mass is 16.5. The van der Waals surface area contributed by atoms with E-state index < -0.39 is 0 Å². The molecule has 0 saturated carbocycles. The Labute approximate surface area is 119 Å². The summed E-state index contributed by atoms with van der Waals surface area (Å²) in [6.07, 6.45) is 1.79. The summed E-state index contributed by atoms with van der Waals surface area (Å²) < 4.78 is 5.18. The van der Waals surface area contributed by atoms with Crippen LogP contribution in [-0.2, 0) is 4.79 Å². The zero-order chi connectivity index (χ0) is 14.4. The summed E-state index contributed by atoms with van der Waals surface area (Å²) in [5, 5.41) is 6.10. The molecule has 5 nitrogen and oxygen atoms in total. The molecular weight excluding hydrogens is 254 g/mol. The molecule has 1 saturated heterocycles. The fraction of sp³-hybridized carbons (Fsp3) is 0.400. The van der Waals surface area contributed by atoms with E-state index in [0.717, 1.165) is 43.2 Å². The van der Waals surface area contributed by atoms with Gasteiger partial charge in [-0.15, -0.1) is 0 Å². The maximum absolute atomic E-state index is 11.2. The van der Waals surface area contributed by atoms with Gasteiger partial charge in [0.1, 0.15) is 5.75 Å². The van der Waals surface area contributed by atoms with Gasteiger partial charge in [-0.2, -0.15) is 0 Å². The molecule has 1 heterocycles. The van der Waals surface area contributed by atoms with E-state index >= 15 is 0 Å². The predicted molar refractivity (Wildman–Crippen MR) is 79.2 cm³/mol. The Morgan fingerprint density at radius 2 is 1.95 bits per heavy atom. The van der Waals surface area contributed by atoms with Crippen LogP contribution in [0.3, 0.4) is 0 Å². The van der Waals surface area contributed by atoms with E-state index in [4.69, 9.17) is 4.74 Å². The van der Waals surface area contributed by atoms with Gasteiger partial charge < -0.3 is 20.3 Å². The van der Waals surface area contributed by atoms with Crippen molar-refractivity contribution in [1.82, 2.24) is 15.5 Å². The summed E-state index contributed by atoms with van der Waals surface area (Å²) in [6, 6.07) is 7.88. The first-order valence-corrected chi connectivity index (χ1v) is 6.78. The van der Waals surface area contributed by atoms with Gasteiger partial charge >= 0.3 is 0 Å². The molecular formula is C15H21N3O2. The number of carbonyl (C=O) groups excluding carboxylic acids is 1. The van der Waals surface area contributed by atoms with Gasteiger partial charge in [-0.05, 0) is 29.8 Å². The van der Waals surface area contributed by atoms with Crippen molar-refractivity contribution in [2.45, 2.75) is 6.92 Å². The molecule has 0 aliphatic carbocycles. The van der Waals surface area contributed by atoms with E-state index in [1.54, 1.807) is 13.3 Å². The SMILES string of the molecule is COc1ccc(/C(=C/NC(C)=O)N2CCNCC2)cc1. The zero-order valence-electron chi connectivity index (χ0n) is 12.0. The molecule has 1 fully saturated rings. The van der Waals surface area contributed by atoms with Crippen LogP contribution in [0.25, 0.3) is 5.70 Å². The third-order valence-corrected chi connectivity index (χ3v) is 3.26. The molecule has 0 bridgehead atoms.